The number of nitrogens with zero attached hydrogens (tertiary/aromatic N) is 2. The number of hydrogen-bond donors (Lipinski definition) is 2. The summed E-state index contributed by atoms with van der Waals surface area (Å²) in [5, 5.41) is 0.0749. The molecule has 0 atom stereocenters. The number of rotatable bonds is 5. The van der Waals surface area contributed by atoms with Crippen LogP contribution in [0.4, 0.5) is 0 Å². The van der Waals surface area contributed by atoms with Gasteiger partial charge in [-0.15, -0.1) is 0 Å². The standard InChI is InChI=1S/C26H25N2O3P.2ClH/c1-19-16-20(2)26(21(3)17-19)28-14-10-23(11-15-28)22-8-12-27(13-9-22)18-24-6-4-5-7-25(24)32(29,30)31;;/h4-17H,18H2,1-3H3;2*1H. The van der Waals surface area contributed by atoms with Crippen molar-refractivity contribution in [1.82, 2.24) is 0 Å². The Morgan fingerprint density at radius 1 is 0.765 bits per heavy atom. The second-order valence-electron chi connectivity index (χ2n) is 8.17. The molecule has 0 amide bonds. The number of aromatic nitrogens is 2. The summed E-state index contributed by atoms with van der Waals surface area (Å²) in [7, 11) is -4.31. The fourth-order valence-electron chi connectivity index (χ4n) is 4.23. The summed E-state index contributed by atoms with van der Waals surface area (Å²) in [6.07, 6.45) is 8.02. The number of benzene rings is 2. The van der Waals surface area contributed by atoms with Crippen LogP contribution >= 0.6 is 7.60 Å². The molecule has 0 aliphatic heterocycles. The lowest BCUT2D eigenvalue weighted by atomic mass is 10.0. The van der Waals surface area contributed by atoms with Gasteiger partial charge in [-0.2, -0.15) is 4.57 Å². The van der Waals surface area contributed by atoms with Crippen molar-refractivity contribution in [3.8, 4) is 16.8 Å². The predicted octanol–water partition coefficient (Wildman–Crippen LogP) is -2.30. The van der Waals surface area contributed by atoms with Crippen molar-refractivity contribution in [2.75, 3.05) is 0 Å². The molecule has 2 aromatic carbocycles. The first kappa shape index (κ1) is 27.7. The Balaban J connectivity index is 0.00000204. The highest BCUT2D eigenvalue weighted by atomic mass is 35.5. The lowest BCUT2D eigenvalue weighted by Gasteiger charge is -2.09. The van der Waals surface area contributed by atoms with E-state index in [0.29, 0.717) is 12.1 Å². The van der Waals surface area contributed by atoms with Crippen LogP contribution in [0, 0.1) is 20.8 Å². The highest BCUT2D eigenvalue weighted by molar-refractivity contribution is 7.60. The zero-order valence-corrected chi connectivity index (χ0v) is 21.6. The molecule has 5 nitrogen and oxygen atoms in total. The molecule has 4 rings (SSSR count). The molecule has 4 aromatic rings. The van der Waals surface area contributed by atoms with E-state index in [1.807, 2.05) is 29.1 Å². The molecule has 0 spiro atoms. The first-order valence-electron chi connectivity index (χ1n) is 10.5. The molecule has 2 aromatic heterocycles. The van der Waals surface area contributed by atoms with Crippen LogP contribution in [0.5, 0.6) is 0 Å². The monoisotopic (exact) mass is 516 g/mol. The van der Waals surface area contributed by atoms with Gasteiger partial charge in [0.15, 0.2) is 31.3 Å². The van der Waals surface area contributed by atoms with E-state index in [4.69, 9.17) is 0 Å². The molecule has 178 valence electrons. The van der Waals surface area contributed by atoms with Crippen LogP contribution in [-0.2, 0) is 11.1 Å². The Kier molecular flexibility index (Phi) is 9.18. The zero-order valence-electron chi connectivity index (χ0n) is 19.2. The number of aryl methyl sites for hydroxylation is 3. The van der Waals surface area contributed by atoms with E-state index in [9.17, 15) is 14.4 Å². The third-order valence-electron chi connectivity index (χ3n) is 5.61. The molecule has 0 unspecified atom stereocenters. The summed E-state index contributed by atoms with van der Waals surface area (Å²) in [6, 6.07) is 19.3. The number of hydrogen-bond acceptors (Lipinski definition) is 1. The zero-order chi connectivity index (χ0) is 22.9. The van der Waals surface area contributed by atoms with E-state index in [-0.39, 0.29) is 30.1 Å². The largest absolute Gasteiger partial charge is 1.00 e. The Morgan fingerprint density at radius 3 is 1.79 bits per heavy atom. The summed E-state index contributed by atoms with van der Waals surface area (Å²) < 4.78 is 15.8. The highest BCUT2D eigenvalue weighted by Crippen LogP contribution is 2.34. The molecular formula is C26H27Cl2N2O3P. The average Bonchev–Trinajstić information content (AvgIpc) is 2.74. The number of pyridine rings is 2. The van der Waals surface area contributed by atoms with Crippen molar-refractivity contribution in [2.45, 2.75) is 27.3 Å². The van der Waals surface area contributed by atoms with Gasteiger partial charge in [0.1, 0.15) is 0 Å². The Morgan fingerprint density at radius 2 is 1.26 bits per heavy atom. The fourth-order valence-corrected chi connectivity index (χ4v) is 5.03. The van der Waals surface area contributed by atoms with Crippen molar-refractivity contribution in [3.63, 3.8) is 0 Å². The van der Waals surface area contributed by atoms with Crippen LogP contribution in [0.25, 0.3) is 16.8 Å². The van der Waals surface area contributed by atoms with Gasteiger partial charge in [-0.3, -0.25) is 4.57 Å². The molecule has 2 N–H and O–H groups in total. The van der Waals surface area contributed by atoms with Gasteiger partial charge in [0, 0.05) is 41.0 Å². The van der Waals surface area contributed by atoms with Gasteiger partial charge in [0.2, 0.25) is 5.69 Å². The van der Waals surface area contributed by atoms with Gasteiger partial charge in [-0.25, -0.2) is 4.57 Å². The smallest absolute Gasteiger partial charge is 0.356 e. The SMILES string of the molecule is Cc1cc(C)c(-[n+]2ccc(-c3cc[n+](Cc4ccccc4P(=O)(O)O)cc3)cc2)c(C)c1.[Cl-].[Cl-]. The molecule has 0 fully saturated rings. The minimum absolute atomic E-state index is 0. The summed E-state index contributed by atoms with van der Waals surface area (Å²) in [6.45, 7) is 6.78. The maximum absolute atomic E-state index is 11.8. The van der Waals surface area contributed by atoms with Crippen LogP contribution in [0.15, 0.2) is 85.5 Å². The van der Waals surface area contributed by atoms with Gasteiger partial charge in [-0.1, -0.05) is 23.8 Å². The second-order valence-corrected chi connectivity index (χ2v) is 9.74. The Bertz CT molecular complexity index is 1300. The van der Waals surface area contributed by atoms with Gasteiger partial charge in [-0.05, 0) is 50.1 Å². The van der Waals surface area contributed by atoms with E-state index >= 15 is 0 Å². The third kappa shape index (κ3) is 6.12. The van der Waals surface area contributed by atoms with Crippen molar-refractivity contribution >= 4 is 12.9 Å². The molecule has 34 heavy (non-hydrogen) atoms. The lowest BCUT2D eigenvalue weighted by Crippen LogP contribution is -3.00. The molecule has 0 aliphatic rings. The Labute approximate surface area is 212 Å². The van der Waals surface area contributed by atoms with E-state index < -0.39 is 7.60 Å². The quantitative estimate of drug-likeness (QED) is 0.232. The summed E-state index contributed by atoms with van der Waals surface area (Å²) in [5.41, 5.74) is 7.76. The maximum atomic E-state index is 11.8. The molecule has 0 saturated carbocycles. The molecule has 0 saturated heterocycles. The minimum atomic E-state index is -4.31. The van der Waals surface area contributed by atoms with E-state index in [1.165, 1.54) is 28.4 Å². The first-order chi connectivity index (χ1) is 15.2. The van der Waals surface area contributed by atoms with Gasteiger partial charge >= 0.3 is 7.60 Å². The molecule has 8 heteroatoms. The highest BCUT2D eigenvalue weighted by Gasteiger charge is 2.22. The first-order valence-corrected chi connectivity index (χ1v) is 12.1. The van der Waals surface area contributed by atoms with E-state index in [0.717, 1.165) is 11.1 Å². The molecule has 0 radical (unpaired) electrons. The summed E-state index contributed by atoms with van der Waals surface area (Å²) in [5.74, 6) is 0. The van der Waals surface area contributed by atoms with E-state index in [1.54, 1.807) is 18.2 Å². The molecular weight excluding hydrogens is 490 g/mol. The van der Waals surface area contributed by atoms with Crippen LogP contribution in [0.1, 0.15) is 22.3 Å². The number of halogens is 2. The molecule has 0 bridgehead atoms. The van der Waals surface area contributed by atoms with Crippen LogP contribution in [0.3, 0.4) is 0 Å². The van der Waals surface area contributed by atoms with Gasteiger partial charge in [0.25, 0.3) is 0 Å². The van der Waals surface area contributed by atoms with Crippen LogP contribution in [0.2, 0.25) is 0 Å². The van der Waals surface area contributed by atoms with Crippen LogP contribution in [-0.4, -0.2) is 9.79 Å². The molecule has 2 heterocycles. The minimum Gasteiger partial charge on any atom is -1.00 e. The Hall–Kier alpha value is -2.53. The lowest BCUT2D eigenvalue weighted by molar-refractivity contribution is -0.688. The second kappa shape index (κ2) is 11.3. The predicted molar refractivity (Wildman–Crippen MR) is 125 cm³/mol. The van der Waals surface area contributed by atoms with Crippen LogP contribution < -0.4 is 39.3 Å². The molecule has 0 aliphatic carbocycles. The van der Waals surface area contributed by atoms with E-state index in [2.05, 4.69) is 62.0 Å². The normalized spacial score (nSPS) is 10.9. The maximum Gasteiger partial charge on any atom is 0.356 e. The van der Waals surface area contributed by atoms with Crippen molar-refractivity contribution < 1.29 is 48.3 Å². The topological polar surface area (TPSA) is 65.3 Å². The average molecular weight is 517 g/mol. The van der Waals surface area contributed by atoms with Crippen molar-refractivity contribution in [1.29, 1.82) is 0 Å². The van der Waals surface area contributed by atoms with Crippen molar-refractivity contribution in [3.05, 3.63) is 108 Å². The van der Waals surface area contributed by atoms with Gasteiger partial charge in [0.05, 0.1) is 5.30 Å². The third-order valence-corrected chi connectivity index (χ3v) is 6.67. The fraction of sp³-hybridized carbons (Fsp3) is 0.154. The summed E-state index contributed by atoms with van der Waals surface area (Å²) in [4.78, 5) is 19.2. The van der Waals surface area contributed by atoms with Gasteiger partial charge < -0.3 is 34.6 Å². The van der Waals surface area contributed by atoms with Crippen molar-refractivity contribution in [2.24, 2.45) is 0 Å². The summed E-state index contributed by atoms with van der Waals surface area (Å²) >= 11 is 0.